The van der Waals surface area contributed by atoms with Gasteiger partial charge in [0.05, 0.1) is 5.69 Å². The highest BCUT2D eigenvalue weighted by molar-refractivity contribution is 5.61. The SMILES string of the molecule is Cn1cc(CCO)c(-c2cccnc2)n1. The fraction of sp³-hybridized carbons (Fsp3) is 0.273. The summed E-state index contributed by atoms with van der Waals surface area (Å²) < 4.78 is 1.76. The maximum absolute atomic E-state index is 8.95. The van der Waals surface area contributed by atoms with Gasteiger partial charge >= 0.3 is 0 Å². The van der Waals surface area contributed by atoms with E-state index >= 15 is 0 Å². The zero-order valence-electron chi connectivity index (χ0n) is 8.59. The number of pyridine rings is 1. The largest absolute Gasteiger partial charge is 0.396 e. The van der Waals surface area contributed by atoms with Crippen LogP contribution in [-0.2, 0) is 13.5 Å². The molecule has 2 rings (SSSR count). The lowest BCUT2D eigenvalue weighted by atomic mass is 10.1. The fourth-order valence-corrected chi connectivity index (χ4v) is 1.59. The second-order valence-corrected chi connectivity index (χ2v) is 3.39. The lowest BCUT2D eigenvalue weighted by molar-refractivity contribution is 0.300. The van der Waals surface area contributed by atoms with Crippen LogP contribution in [0.3, 0.4) is 0 Å². The van der Waals surface area contributed by atoms with Crippen LogP contribution in [0.5, 0.6) is 0 Å². The minimum Gasteiger partial charge on any atom is -0.396 e. The van der Waals surface area contributed by atoms with Crippen molar-refractivity contribution in [3.05, 3.63) is 36.3 Å². The number of aromatic nitrogens is 3. The van der Waals surface area contributed by atoms with E-state index in [1.807, 2.05) is 25.4 Å². The maximum atomic E-state index is 8.95. The Morgan fingerprint density at radius 1 is 1.47 bits per heavy atom. The third-order valence-corrected chi connectivity index (χ3v) is 2.22. The van der Waals surface area contributed by atoms with Crippen LogP contribution >= 0.6 is 0 Å². The molecule has 0 aliphatic rings. The smallest absolute Gasteiger partial charge is 0.0971 e. The number of aliphatic hydroxyl groups excluding tert-OH is 1. The van der Waals surface area contributed by atoms with Crippen LogP contribution in [0.2, 0.25) is 0 Å². The summed E-state index contributed by atoms with van der Waals surface area (Å²) in [6.45, 7) is 0.138. The molecule has 2 heterocycles. The third kappa shape index (κ3) is 2.05. The Hall–Kier alpha value is -1.68. The van der Waals surface area contributed by atoms with Gasteiger partial charge in [-0.2, -0.15) is 5.10 Å². The van der Waals surface area contributed by atoms with Gasteiger partial charge in [-0.15, -0.1) is 0 Å². The Morgan fingerprint density at radius 3 is 3.00 bits per heavy atom. The van der Waals surface area contributed by atoms with Crippen molar-refractivity contribution in [1.29, 1.82) is 0 Å². The Morgan fingerprint density at radius 2 is 2.33 bits per heavy atom. The van der Waals surface area contributed by atoms with Gasteiger partial charge in [-0.25, -0.2) is 0 Å². The normalized spacial score (nSPS) is 10.5. The molecule has 2 aromatic heterocycles. The quantitative estimate of drug-likeness (QED) is 0.810. The zero-order valence-corrected chi connectivity index (χ0v) is 8.59. The molecule has 4 heteroatoms. The molecule has 0 radical (unpaired) electrons. The van der Waals surface area contributed by atoms with Crippen LogP contribution in [0.4, 0.5) is 0 Å². The van der Waals surface area contributed by atoms with Crippen molar-refractivity contribution in [3.8, 4) is 11.3 Å². The molecule has 0 aromatic carbocycles. The number of nitrogens with zero attached hydrogens (tertiary/aromatic N) is 3. The highest BCUT2D eigenvalue weighted by atomic mass is 16.2. The second kappa shape index (κ2) is 4.23. The van der Waals surface area contributed by atoms with Crippen molar-refractivity contribution < 1.29 is 5.11 Å². The second-order valence-electron chi connectivity index (χ2n) is 3.39. The van der Waals surface area contributed by atoms with Crippen LogP contribution in [0.15, 0.2) is 30.7 Å². The van der Waals surface area contributed by atoms with Crippen molar-refractivity contribution in [2.45, 2.75) is 6.42 Å². The number of aliphatic hydroxyl groups is 1. The highest BCUT2D eigenvalue weighted by Gasteiger charge is 2.08. The van der Waals surface area contributed by atoms with Gasteiger partial charge in [-0.1, -0.05) is 0 Å². The van der Waals surface area contributed by atoms with E-state index in [2.05, 4.69) is 10.1 Å². The molecule has 0 unspecified atom stereocenters. The standard InChI is InChI=1S/C11H13N3O/c1-14-8-10(4-6-15)11(13-14)9-3-2-5-12-7-9/h2-3,5,7-8,15H,4,6H2,1H3. The predicted octanol–water partition coefficient (Wildman–Crippen LogP) is 1.02. The van der Waals surface area contributed by atoms with E-state index in [9.17, 15) is 0 Å². The van der Waals surface area contributed by atoms with Crippen LogP contribution in [-0.4, -0.2) is 26.5 Å². The van der Waals surface area contributed by atoms with Gasteiger partial charge in [0.1, 0.15) is 0 Å². The molecule has 15 heavy (non-hydrogen) atoms. The molecule has 0 aliphatic carbocycles. The third-order valence-electron chi connectivity index (χ3n) is 2.22. The summed E-state index contributed by atoms with van der Waals surface area (Å²) in [7, 11) is 1.88. The molecule has 0 amide bonds. The van der Waals surface area contributed by atoms with E-state index < -0.39 is 0 Å². The summed E-state index contributed by atoms with van der Waals surface area (Å²) in [5.74, 6) is 0. The predicted molar refractivity (Wildman–Crippen MR) is 57.2 cm³/mol. The topological polar surface area (TPSA) is 50.9 Å². The molecule has 0 saturated heterocycles. The van der Waals surface area contributed by atoms with Crippen LogP contribution in [0.1, 0.15) is 5.56 Å². The fourth-order valence-electron chi connectivity index (χ4n) is 1.59. The van der Waals surface area contributed by atoms with Crippen LogP contribution in [0, 0.1) is 0 Å². The Balaban J connectivity index is 2.43. The van der Waals surface area contributed by atoms with Gasteiger partial charge in [-0.3, -0.25) is 9.67 Å². The Kier molecular flexibility index (Phi) is 2.78. The summed E-state index contributed by atoms with van der Waals surface area (Å²) in [6, 6.07) is 3.85. The molecular weight excluding hydrogens is 190 g/mol. The van der Waals surface area contributed by atoms with Gasteiger partial charge in [0.2, 0.25) is 0 Å². The number of rotatable bonds is 3. The minimum atomic E-state index is 0.138. The number of aryl methyl sites for hydroxylation is 1. The van der Waals surface area contributed by atoms with Gasteiger partial charge in [0, 0.05) is 43.4 Å². The Bertz CT molecular complexity index is 436. The van der Waals surface area contributed by atoms with E-state index in [0.29, 0.717) is 6.42 Å². The van der Waals surface area contributed by atoms with E-state index in [-0.39, 0.29) is 6.61 Å². The molecule has 78 valence electrons. The molecule has 0 bridgehead atoms. The molecule has 0 fully saturated rings. The van der Waals surface area contributed by atoms with Crippen molar-refractivity contribution in [1.82, 2.24) is 14.8 Å². The Labute approximate surface area is 88.2 Å². The lowest BCUT2D eigenvalue weighted by Crippen LogP contribution is -1.91. The average molecular weight is 203 g/mol. The first-order chi connectivity index (χ1) is 7.31. The molecule has 4 nitrogen and oxygen atoms in total. The van der Waals surface area contributed by atoms with E-state index in [1.165, 1.54) is 0 Å². The van der Waals surface area contributed by atoms with Crippen molar-refractivity contribution >= 4 is 0 Å². The molecule has 0 spiro atoms. The van der Waals surface area contributed by atoms with Gasteiger partial charge in [-0.05, 0) is 18.6 Å². The van der Waals surface area contributed by atoms with E-state index in [0.717, 1.165) is 16.8 Å². The zero-order chi connectivity index (χ0) is 10.7. The molecule has 0 aliphatic heterocycles. The van der Waals surface area contributed by atoms with Crippen molar-refractivity contribution in [3.63, 3.8) is 0 Å². The summed E-state index contributed by atoms with van der Waals surface area (Å²) in [5.41, 5.74) is 2.94. The molecule has 0 atom stereocenters. The number of hydrogen-bond donors (Lipinski definition) is 1. The first-order valence-electron chi connectivity index (χ1n) is 4.85. The monoisotopic (exact) mass is 203 g/mol. The van der Waals surface area contributed by atoms with Gasteiger partial charge < -0.3 is 5.11 Å². The summed E-state index contributed by atoms with van der Waals surface area (Å²) in [6.07, 6.45) is 6.07. The number of hydrogen-bond acceptors (Lipinski definition) is 3. The molecule has 0 saturated carbocycles. The van der Waals surface area contributed by atoms with E-state index in [1.54, 1.807) is 17.1 Å². The maximum Gasteiger partial charge on any atom is 0.0971 e. The summed E-state index contributed by atoms with van der Waals surface area (Å²) in [5, 5.41) is 13.3. The lowest BCUT2D eigenvalue weighted by Gasteiger charge is -1.99. The molecular formula is C11H13N3O. The van der Waals surface area contributed by atoms with Gasteiger partial charge in [0.15, 0.2) is 0 Å². The highest BCUT2D eigenvalue weighted by Crippen LogP contribution is 2.20. The van der Waals surface area contributed by atoms with Crippen LogP contribution < -0.4 is 0 Å². The first kappa shape index (κ1) is 9.86. The van der Waals surface area contributed by atoms with E-state index in [4.69, 9.17) is 5.11 Å². The first-order valence-corrected chi connectivity index (χ1v) is 4.85. The molecule has 2 aromatic rings. The van der Waals surface area contributed by atoms with Gasteiger partial charge in [0.25, 0.3) is 0 Å². The summed E-state index contributed by atoms with van der Waals surface area (Å²) >= 11 is 0. The van der Waals surface area contributed by atoms with Crippen molar-refractivity contribution in [2.75, 3.05) is 6.61 Å². The average Bonchev–Trinajstić information content (AvgIpc) is 2.62. The molecule has 1 N–H and O–H groups in total. The minimum absolute atomic E-state index is 0.138. The van der Waals surface area contributed by atoms with Crippen molar-refractivity contribution in [2.24, 2.45) is 7.05 Å². The summed E-state index contributed by atoms with van der Waals surface area (Å²) in [4.78, 5) is 4.06. The van der Waals surface area contributed by atoms with Crippen LogP contribution in [0.25, 0.3) is 11.3 Å².